The summed E-state index contributed by atoms with van der Waals surface area (Å²) in [5.41, 5.74) is 4.79. The molecule has 0 aromatic rings. The highest BCUT2D eigenvalue weighted by Gasteiger charge is 2.43. The molecule has 2 heterocycles. The lowest BCUT2D eigenvalue weighted by Crippen LogP contribution is -2.48. The van der Waals surface area contributed by atoms with E-state index in [2.05, 4.69) is 5.32 Å². The lowest BCUT2D eigenvalue weighted by atomic mass is 9.75. The number of ether oxygens (including phenoxy) is 1. The van der Waals surface area contributed by atoms with Crippen LogP contribution in [0.3, 0.4) is 0 Å². The standard InChI is InChI=1S/C20H33N3O5S/c1-3-20(2,21)16(25)13-6-4-12(5-7-13)11-23-15(24)10-14(18(23)27)29-19-17(26)22-8-9-28-19/h12-14,17,19,22,26H,3-11,21H2,1-2H3/t12?,13?,14?,17-,19?,20?/m1/s1. The van der Waals surface area contributed by atoms with Gasteiger partial charge in [0.05, 0.1) is 17.4 Å². The van der Waals surface area contributed by atoms with Crippen LogP contribution in [0.15, 0.2) is 0 Å². The average molecular weight is 428 g/mol. The van der Waals surface area contributed by atoms with E-state index in [1.807, 2.05) is 6.92 Å². The van der Waals surface area contributed by atoms with Gasteiger partial charge in [-0.25, -0.2) is 0 Å². The number of Topliss-reactive ketones (excluding diaryl/α,β-unsaturated/α-hetero) is 1. The highest BCUT2D eigenvalue weighted by atomic mass is 32.2. The average Bonchev–Trinajstić information content (AvgIpc) is 2.97. The minimum atomic E-state index is -0.838. The topological polar surface area (TPSA) is 122 Å². The molecule has 4 atom stereocenters. The van der Waals surface area contributed by atoms with E-state index in [0.29, 0.717) is 26.1 Å². The Balaban J connectivity index is 1.50. The van der Waals surface area contributed by atoms with Crippen molar-refractivity contribution < 1.29 is 24.2 Å². The van der Waals surface area contributed by atoms with Crippen LogP contribution in [0.2, 0.25) is 0 Å². The molecule has 0 radical (unpaired) electrons. The van der Waals surface area contributed by atoms with E-state index in [1.54, 1.807) is 6.92 Å². The van der Waals surface area contributed by atoms with Crippen LogP contribution >= 0.6 is 11.8 Å². The fourth-order valence-corrected chi connectivity index (χ4v) is 5.53. The molecular formula is C20H33N3O5S. The zero-order valence-electron chi connectivity index (χ0n) is 17.3. The van der Waals surface area contributed by atoms with Crippen molar-refractivity contribution in [3.05, 3.63) is 0 Å². The maximum absolute atomic E-state index is 12.8. The Bertz CT molecular complexity index is 636. The highest BCUT2D eigenvalue weighted by molar-refractivity contribution is 8.01. The molecule has 2 saturated heterocycles. The Kier molecular flexibility index (Phi) is 7.37. The fourth-order valence-electron chi connectivity index (χ4n) is 4.30. The third-order valence-electron chi connectivity index (χ3n) is 6.45. The lowest BCUT2D eigenvalue weighted by Gasteiger charge is -2.33. The molecule has 0 aromatic carbocycles. The number of carbonyl (C=O) groups is 3. The molecule has 164 valence electrons. The van der Waals surface area contributed by atoms with E-state index < -0.39 is 22.5 Å². The molecule has 1 aliphatic carbocycles. The monoisotopic (exact) mass is 427 g/mol. The number of nitrogens with two attached hydrogens (primary N) is 1. The first-order chi connectivity index (χ1) is 13.7. The van der Waals surface area contributed by atoms with E-state index in [4.69, 9.17) is 10.5 Å². The van der Waals surface area contributed by atoms with E-state index in [-0.39, 0.29) is 35.9 Å². The molecule has 0 bridgehead atoms. The van der Waals surface area contributed by atoms with Crippen LogP contribution in [-0.2, 0) is 19.1 Å². The molecule has 3 aliphatic rings. The van der Waals surface area contributed by atoms with E-state index in [0.717, 1.165) is 25.7 Å². The maximum atomic E-state index is 12.8. The number of hydrogen-bond acceptors (Lipinski definition) is 8. The van der Waals surface area contributed by atoms with Gasteiger partial charge in [0, 0.05) is 25.4 Å². The molecule has 3 fully saturated rings. The number of rotatable bonds is 7. The normalized spacial score (nSPS) is 35.6. The number of carbonyl (C=O) groups excluding carboxylic acids is 3. The van der Waals surface area contributed by atoms with Crippen molar-refractivity contribution in [2.75, 3.05) is 19.7 Å². The van der Waals surface area contributed by atoms with Gasteiger partial charge in [-0.2, -0.15) is 0 Å². The molecule has 2 aliphatic heterocycles. The second kappa shape index (κ2) is 9.43. The Morgan fingerprint density at radius 3 is 2.66 bits per heavy atom. The van der Waals surface area contributed by atoms with Gasteiger partial charge in [-0.05, 0) is 44.9 Å². The molecule has 3 unspecified atom stereocenters. The van der Waals surface area contributed by atoms with Crippen molar-refractivity contribution in [2.24, 2.45) is 17.6 Å². The first-order valence-electron chi connectivity index (χ1n) is 10.6. The van der Waals surface area contributed by atoms with Crippen LogP contribution in [-0.4, -0.2) is 69.8 Å². The molecule has 9 heteroatoms. The van der Waals surface area contributed by atoms with Crippen LogP contribution in [0.25, 0.3) is 0 Å². The summed E-state index contributed by atoms with van der Waals surface area (Å²) >= 11 is 1.22. The second-order valence-corrected chi connectivity index (χ2v) is 9.97. The number of nitrogens with one attached hydrogen (secondary N) is 1. The summed E-state index contributed by atoms with van der Waals surface area (Å²) in [6.45, 7) is 5.17. The van der Waals surface area contributed by atoms with Gasteiger partial charge in [0.15, 0.2) is 5.78 Å². The van der Waals surface area contributed by atoms with Crippen molar-refractivity contribution in [3.8, 4) is 0 Å². The number of aliphatic hydroxyl groups is 1. The predicted octanol–water partition coefficient (Wildman–Crippen LogP) is 0.614. The minimum absolute atomic E-state index is 0.0214. The second-order valence-electron chi connectivity index (χ2n) is 8.66. The summed E-state index contributed by atoms with van der Waals surface area (Å²) in [6, 6.07) is 0. The largest absolute Gasteiger partial charge is 0.375 e. The Labute approximate surface area is 176 Å². The zero-order valence-corrected chi connectivity index (χ0v) is 18.1. The molecule has 4 N–H and O–H groups in total. The smallest absolute Gasteiger partial charge is 0.242 e. The predicted molar refractivity (Wildman–Crippen MR) is 110 cm³/mol. The van der Waals surface area contributed by atoms with Gasteiger partial charge in [0.1, 0.15) is 11.7 Å². The quantitative estimate of drug-likeness (QED) is 0.505. The molecule has 29 heavy (non-hydrogen) atoms. The van der Waals surface area contributed by atoms with Gasteiger partial charge in [0.2, 0.25) is 11.8 Å². The van der Waals surface area contributed by atoms with Crippen molar-refractivity contribution in [3.63, 3.8) is 0 Å². The highest BCUT2D eigenvalue weighted by Crippen LogP contribution is 2.35. The van der Waals surface area contributed by atoms with E-state index in [1.165, 1.54) is 16.7 Å². The van der Waals surface area contributed by atoms with E-state index in [9.17, 15) is 19.5 Å². The first kappa shape index (κ1) is 22.7. The van der Waals surface area contributed by atoms with Crippen LogP contribution in [0.1, 0.15) is 52.4 Å². The number of morpholine rings is 1. The van der Waals surface area contributed by atoms with Gasteiger partial charge < -0.3 is 15.6 Å². The Morgan fingerprint density at radius 2 is 2.03 bits per heavy atom. The number of thioether (sulfide) groups is 1. The van der Waals surface area contributed by atoms with E-state index >= 15 is 0 Å². The van der Waals surface area contributed by atoms with Gasteiger partial charge >= 0.3 is 0 Å². The van der Waals surface area contributed by atoms with Crippen LogP contribution in [0.4, 0.5) is 0 Å². The summed E-state index contributed by atoms with van der Waals surface area (Å²) in [5.74, 6) is -0.0288. The van der Waals surface area contributed by atoms with Crippen molar-refractivity contribution >= 4 is 29.4 Å². The summed E-state index contributed by atoms with van der Waals surface area (Å²) < 4.78 is 5.52. The zero-order chi connectivity index (χ0) is 21.2. The molecular weight excluding hydrogens is 394 g/mol. The number of ketones is 1. The number of nitrogens with zero attached hydrogens (tertiary/aromatic N) is 1. The fraction of sp³-hybridized carbons (Fsp3) is 0.850. The third kappa shape index (κ3) is 5.19. The molecule has 0 spiro atoms. The summed E-state index contributed by atoms with van der Waals surface area (Å²) in [6.07, 6.45) is 3.09. The summed E-state index contributed by atoms with van der Waals surface area (Å²) in [5, 5.41) is 12.3. The number of imide groups is 1. The number of aliphatic hydroxyl groups excluding tert-OH is 1. The van der Waals surface area contributed by atoms with Crippen LogP contribution < -0.4 is 11.1 Å². The molecule has 2 amide bonds. The molecule has 8 nitrogen and oxygen atoms in total. The summed E-state index contributed by atoms with van der Waals surface area (Å²) in [7, 11) is 0. The molecule has 3 rings (SSSR count). The molecule has 0 aromatic heterocycles. The molecule has 1 saturated carbocycles. The maximum Gasteiger partial charge on any atom is 0.242 e. The van der Waals surface area contributed by atoms with Crippen LogP contribution in [0, 0.1) is 11.8 Å². The van der Waals surface area contributed by atoms with Gasteiger partial charge in [0.25, 0.3) is 0 Å². The van der Waals surface area contributed by atoms with Crippen molar-refractivity contribution in [1.82, 2.24) is 10.2 Å². The van der Waals surface area contributed by atoms with Gasteiger partial charge in [-0.1, -0.05) is 6.92 Å². The number of amides is 2. The SMILES string of the molecule is CCC(C)(N)C(=O)C1CCC(CN2C(=O)CC(SC3OCCN[C@@H]3O)C2=O)CC1. The van der Waals surface area contributed by atoms with Crippen molar-refractivity contribution in [1.29, 1.82) is 0 Å². The van der Waals surface area contributed by atoms with Gasteiger partial charge in [-0.15, -0.1) is 11.8 Å². The third-order valence-corrected chi connectivity index (χ3v) is 7.81. The Morgan fingerprint density at radius 1 is 1.34 bits per heavy atom. The van der Waals surface area contributed by atoms with Crippen molar-refractivity contribution in [2.45, 2.75) is 74.8 Å². The number of hydrogen-bond donors (Lipinski definition) is 3. The number of likely N-dealkylation sites (tertiary alicyclic amines) is 1. The Hall–Kier alpha value is -1.00. The minimum Gasteiger partial charge on any atom is -0.375 e. The van der Waals surface area contributed by atoms with Gasteiger partial charge in [-0.3, -0.25) is 24.6 Å². The lowest BCUT2D eigenvalue weighted by molar-refractivity contribution is -0.139. The van der Waals surface area contributed by atoms with Crippen LogP contribution in [0.5, 0.6) is 0 Å². The summed E-state index contributed by atoms with van der Waals surface area (Å²) in [4.78, 5) is 39.2. The first-order valence-corrected chi connectivity index (χ1v) is 11.5.